The molecule has 0 saturated carbocycles. The van der Waals surface area contributed by atoms with Gasteiger partial charge in [-0.1, -0.05) is 52.6 Å². The zero-order chi connectivity index (χ0) is 21.0. The second kappa shape index (κ2) is 12.7. The number of unbranched alkanes of at least 4 members (excludes halogenated alkanes) is 1. The van der Waals surface area contributed by atoms with Gasteiger partial charge in [0.25, 0.3) is 10.1 Å². The molecule has 0 aliphatic heterocycles. The predicted octanol–water partition coefficient (Wildman–Crippen LogP) is 6.90. The standard InChI is InChI=1S/C24H36O3S/c1-20(2)10-8-12-22(4)14-9-13-21(3)11-6-7-19-27-28(25,26)24-17-15-23(5)16-18-24/h10-11,14-18H,6-9,12-13,19H2,1-5H3/b21-11?,22-14+. The maximum Gasteiger partial charge on any atom is 0.296 e. The molecule has 3 nitrogen and oxygen atoms in total. The van der Waals surface area contributed by atoms with Crippen LogP contribution in [0.25, 0.3) is 0 Å². The Hall–Kier alpha value is -1.65. The first-order chi connectivity index (χ1) is 13.2. The van der Waals surface area contributed by atoms with Gasteiger partial charge in [0.05, 0.1) is 11.5 Å². The van der Waals surface area contributed by atoms with E-state index in [1.165, 1.54) is 16.7 Å². The minimum Gasteiger partial charge on any atom is -0.266 e. The summed E-state index contributed by atoms with van der Waals surface area (Å²) in [5.41, 5.74) is 5.19. The smallest absolute Gasteiger partial charge is 0.266 e. The van der Waals surface area contributed by atoms with Gasteiger partial charge in [0.15, 0.2) is 0 Å². The molecule has 0 aliphatic carbocycles. The first-order valence-corrected chi connectivity index (χ1v) is 11.5. The molecular weight excluding hydrogens is 368 g/mol. The lowest BCUT2D eigenvalue weighted by atomic mass is 10.1. The molecule has 0 heterocycles. The van der Waals surface area contributed by atoms with Crippen LogP contribution in [-0.2, 0) is 14.3 Å². The highest BCUT2D eigenvalue weighted by atomic mass is 32.2. The fourth-order valence-electron chi connectivity index (χ4n) is 2.71. The van der Waals surface area contributed by atoms with Crippen molar-refractivity contribution in [2.45, 2.75) is 78.0 Å². The zero-order valence-corrected chi connectivity index (χ0v) is 18.9. The van der Waals surface area contributed by atoms with Gasteiger partial charge in [0.2, 0.25) is 0 Å². The lowest BCUT2D eigenvalue weighted by Gasteiger charge is -2.05. The summed E-state index contributed by atoms with van der Waals surface area (Å²) in [6.45, 7) is 10.7. The van der Waals surface area contributed by atoms with Crippen molar-refractivity contribution in [3.8, 4) is 0 Å². The van der Waals surface area contributed by atoms with E-state index >= 15 is 0 Å². The van der Waals surface area contributed by atoms with Crippen LogP contribution in [0.2, 0.25) is 0 Å². The van der Waals surface area contributed by atoms with Crippen molar-refractivity contribution < 1.29 is 12.6 Å². The van der Waals surface area contributed by atoms with Gasteiger partial charge in [0, 0.05) is 0 Å². The molecule has 0 fully saturated rings. The van der Waals surface area contributed by atoms with Crippen LogP contribution in [0.4, 0.5) is 0 Å². The van der Waals surface area contributed by atoms with Crippen LogP contribution < -0.4 is 0 Å². The van der Waals surface area contributed by atoms with E-state index in [9.17, 15) is 8.42 Å². The third-order valence-electron chi connectivity index (χ3n) is 4.51. The van der Waals surface area contributed by atoms with E-state index in [0.29, 0.717) is 6.42 Å². The number of aryl methyl sites for hydroxylation is 1. The Kier molecular flexibility index (Phi) is 11.1. The summed E-state index contributed by atoms with van der Waals surface area (Å²) in [4.78, 5) is 0.219. The van der Waals surface area contributed by atoms with Crippen molar-refractivity contribution >= 4 is 10.1 Å². The number of hydrogen-bond acceptors (Lipinski definition) is 3. The molecule has 0 amide bonds. The number of allylic oxidation sites excluding steroid dienone is 6. The SMILES string of the molecule is CC(C)=CCC/C(C)=C/CCC(C)=CCCCOS(=O)(=O)c1ccc(C)cc1. The molecular formula is C24H36O3S. The highest BCUT2D eigenvalue weighted by molar-refractivity contribution is 7.86. The zero-order valence-electron chi connectivity index (χ0n) is 18.1. The Balaban J connectivity index is 2.27. The summed E-state index contributed by atoms with van der Waals surface area (Å²) in [7, 11) is -3.65. The summed E-state index contributed by atoms with van der Waals surface area (Å²) < 4.78 is 29.4. The topological polar surface area (TPSA) is 43.4 Å². The molecule has 0 bridgehead atoms. The van der Waals surface area contributed by atoms with Crippen LogP contribution in [0.3, 0.4) is 0 Å². The third kappa shape index (κ3) is 10.6. The Bertz CT molecular complexity index is 778. The van der Waals surface area contributed by atoms with E-state index in [1.54, 1.807) is 24.3 Å². The fourth-order valence-corrected chi connectivity index (χ4v) is 3.66. The first-order valence-electron chi connectivity index (χ1n) is 10.1. The molecule has 1 rings (SSSR count). The minimum atomic E-state index is -3.65. The predicted molar refractivity (Wildman–Crippen MR) is 119 cm³/mol. The van der Waals surface area contributed by atoms with Crippen molar-refractivity contribution in [1.82, 2.24) is 0 Å². The van der Waals surface area contributed by atoms with Gasteiger partial charge in [0.1, 0.15) is 0 Å². The fraction of sp³-hybridized carbons (Fsp3) is 0.500. The van der Waals surface area contributed by atoms with Crippen LogP contribution in [0.5, 0.6) is 0 Å². The summed E-state index contributed by atoms with van der Waals surface area (Å²) in [6.07, 6.45) is 12.7. The molecule has 0 aliphatic rings. The van der Waals surface area contributed by atoms with Crippen molar-refractivity contribution in [2.75, 3.05) is 6.61 Å². The maximum atomic E-state index is 12.1. The maximum absolute atomic E-state index is 12.1. The molecule has 0 radical (unpaired) electrons. The van der Waals surface area contributed by atoms with Crippen LogP contribution >= 0.6 is 0 Å². The van der Waals surface area contributed by atoms with Crippen LogP contribution in [-0.4, -0.2) is 15.0 Å². The van der Waals surface area contributed by atoms with Gasteiger partial charge in [-0.2, -0.15) is 8.42 Å². The molecule has 1 aromatic carbocycles. The molecule has 0 aromatic heterocycles. The molecule has 0 saturated heterocycles. The Morgan fingerprint density at radius 1 is 0.857 bits per heavy atom. The lowest BCUT2D eigenvalue weighted by molar-refractivity contribution is 0.313. The lowest BCUT2D eigenvalue weighted by Crippen LogP contribution is -2.07. The summed E-state index contributed by atoms with van der Waals surface area (Å²) in [5, 5.41) is 0. The summed E-state index contributed by atoms with van der Waals surface area (Å²) in [5.74, 6) is 0. The second-order valence-electron chi connectivity index (χ2n) is 7.69. The van der Waals surface area contributed by atoms with Crippen LogP contribution in [0.15, 0.2) is 64.1 Å². The van der Waals surface area contributed by atoms with Gasteiger partial charge in [-0.3, -0.25) is 4.18 Å². The average molecular weight is 405 g/mol. The number of rotatable bonds is 12. The first kappa shape index (κ1) is 24.4. The molecule has 0 unspecified atom stereocenters. The largest absolute Gasteiger partial charge is 0.296 e. The second-order valence-corrected chi connectivity index (χ2v) is 9.31. The van der Waals surface area contributed by atoms with E-state index in [2.05, 4.69) is 45.9 Å². The number of hydrogen-bond donors (Lipinski definition) is 0. The molecule has 0 atom stereocenters. The Morgan fingerprint density at radius 2 is 1.39 bits per heavy atom. The monoisotopic (exact) mass is 404 g/mol. The van der Waals surface area contributed by atoms with Gasteiger partial charge in [-0.25, -0.2) is 0 Å². The summed E-state index contributed by atoms with van der Waals surface area (Å²) >= 11 is 0. The van der Waals surface area contributed by atoms with Crippen LogP contribution in [0, 0.1) is 6.92 Å². The Morgan fingerprint density at radius 3 is 1.96 bits per heavy atom. The third-order valence-corrected chi connectivity index (χ3v) is 5.84. The van der Waals surface area contributed by atoms with E-state index in [4.69, 9.17) is 4.18 Å². The molecule has 156 valence electrons. The quantitative estimate of drug-likeness (QED) is 0.216. The van der Waals surface area contributed by atoms with Crippen molar-refractivity contribution in [3.63, 3.8) is 0 Å². The van der Waals surface area contributed by atoms with Crippen LogP contribution in [0.1, 0.15) is 71.8 Å². The van der Waals surface area contributed by atoms with Gasteiger partial charge >= 0.3 is 0 Å². The molecule has 4 heteroatoms. The van der Waals surface area contributed by atoms with E-state index < -0.39 is 10.1 Å². The molecule has 0 N–H and O–H groups in total. The minimum absolute atomic E-state index is 0.212. The highest BCUT2D eigenvalue weighted by Crippen LogP contribution is 2.15. The summed E-state index contributed by atoms with van der Waals surface area (Å²) in [6, 6.07) is 6.73. The van der Waals surface area contributed by atoms with Crippen molar-refractivity contribution in [1.29, 1.82) is 0 Å². The van der Waals surface area contributed by atoms with Crippen molar-refractivity contribution in [3.05, 3.63) is 64.8 Å². The highest BCUT2D eigenvalue weighted by Gasteiger charge is 2.13. The van der Waals surface area contributed by atoms with Gasteiger partial charge in [-0.15, -0.1) is 0 Å². The molecule has 1 aromatic rings. The Labute approximate surface area is 172 Å². The van der Waals surface area contributed by atoms with E-state index in [1.807, 2.05) is 6.92 Å². The van der Waals surface area contributed by atoms with Crippen molar-refractivity contribution in [2.24, 2.45) is 0 Å². The van der Waals surface area contributed by atoms with E-state index in [-0.39, 0.29) is 11.5 Å². The number of benzene rings is 1. The normalized spacial score (nSPS) is 12.9. The average Bonchev–Trinajstić information content (AvgIpc) is 2.61. The molecule has 28 heavy (non-hydrogen) atoms. The molecule has 0 spiro atoms. The van der Waals surface area contributed by atoms with Gasteiger partial charge in [-0.05, 0) is 85.3 Å². The van der Waals surface area contributed by atoms with E-state index in [0.717, 1.165) is 37.7 Å². The van der Waals surface area contributed by atoms with Gasteiger partial charge < -0.3 is 0 Å².